The molecule has 0 radical (unpaired) electrons. The molecule has 2 heterocycles. The van der Waals surface area contributed by atoms with E-state index >= 15 is 0 Å². The van der Waals surface area contributed by atoms with Crippen LogP contribution in [0.25, 0.3) is 0 Å². The molecule has 0 spiro atoms. The van der Waals surface area contributed by atoms with Crippen molar-refractivity contribution in [2.75, 3.05) is 29.4 Å². The first-order chi connectivity index (χ1) is 8.84. The Morgan fingerprint density at radius 1 is 1.17 bits per heavy atom. The summed E-state index contributed by atoms with van der Waals surface area (Å²) in [7, 11) is 0. The Hall–Kier alpha value is -2.30. The van der Waals surface area contributed by atoms with Gasteiger partial charge in [0.2, 0.25) is 11.9 Å². The number of rotatable bonds is 2. The Morgan fingerprint density at radius 2 is 2.00 bits per heavy atom. The fourth-order valence-electron chi connectivity index (χ4n) is 2.16. The van der Waals surface area contributed by atoms with Crippen molar-refractivity contribution in [2.45, 2.75) is 0 Å². The summed E-state index contributed by atoms with van der Waals surface area (Å²) in [5.74, 6) is 0.861. The van der Waals surface area contributed by atoms with Crippen LogP contribution in [0, 0.1) is 0 Å². The molecule has 3 rings (SSSR count). The SMILES string of the molecule is O=C1CN(c2ncc[nH]2)CCN1c1ccccc1. The van der Waals surface area contributed by atoms with Crippen LogP contribution in [0.2, 0.25) is 0 Å². The number of carbonyl (C=O) groups is 1. The predicted octanol–water partition coefficient (Wildman–Crippen LogP) is 1.26. The molecule has 1 saturated heterocycles. The fraction of sp³-hybridized carbons (Fsp3) is 0.231. The zero-order valence-electron chi connectivity index (χ0n) is 9.91. The lowest BCUT2D eigenvalue weighted by molar-refractivity contribution is -0.117. The van der Waals surface area contributed by atoms with Crippen LogP contribution >= 0.6 is 0 Å². The number of anilines is 2. The number of H-pyrrole nitrogens is 1. The molecule has 0 saturated carbocycles. The minimum atomic E-state index is 0.101. The van der Waals surface area contributed by atoms with Crippen LogP contribution < -0.4 is 9.80 Å². The molecule has 0 bridgehead atoms. The number of amides is 1. The monoisotopic (exact) mass is 242 g/mol. The fourth-order valence-corrected chi connectivity index (χ4v) is 2.16. The van der Waals surface area contributed by atoms with Gasteiger partial charge >= 0.3 is 0 Å². The second-order valence-electron chi connectivity index (χ2n) is 4.22. The second kappa shape index (κ2) is 4.52. The van der Waals surface area contributed by atoms with Crippen LogP contribution in [0.4, 0.5) is 11.6 Å². The van der Waals surface area contributed by atoms with Gasteiger partial charge in [0.05, 0.1) is 0 Å². The van der Waals surface area contributed by atoms with Gasteiger partial charge in [-0.3, -0.25) is 4.79 Å². The minimum absolute atomic E-state index is 0.101. The molecule has 1 aromatic carbocycles. The van der Waals surface area contributed by atoms with Gasteiger partial charge in [-0.2, -0.15) is 0 Å². The van der Waals surface area contributed by atoms with E-state index in [-0.39, 0.29) is 5.91 Å². The first-order valence-corrected chi connectivity index (χ1v) is 5.94. The molecule has 1 aromatic heterocycles. The molecule has 0 unspecified atom stereocenters. The maximum atomic E-state index is 12.1. The number of benzene rings is 1. The molecule has 92 valence electrons. The highest BCUT2D eigenvalue weighted by molar-refractivity contribution is 5.97. The van der Waals surface area contributed by atoms with Crippen LogP contribution in [0.15, 0.2) is 42.7 Å². The third-order valence-electron chi connectivity index (χ3n) is 3.07. The molecule has 1 aliphatic rings. The summed E-state index contributed by atoms with van der Waals surface area (Å²) < 4.78 is 0. The summed E-state index contributed by atoms with van der Waals surface area (Å²) in [6.07, 6.45) is 3.47. The lowest BCUT2D eigenvalue weighted by atomic mass is 10.2. The molecule has 1 aliphatic heterocycles. The van der Waals surface area contributed by atoms with E-state index in [0.717, 1.165) is 18.2 Å². The van der Waals surface area contributed by atoms with Crippen molar-refractivity contribution >= 4 is 17.5 Å². The quantitative estimate of drug-likeness (QED) is 0.862. The van der Waals surface area contributed by atoms with Crippen molar-refractivity contribution in [1.82, 2.24) is 9.97 Å². The van der Waals surface area contributed by atoms with Gasteiger partial charge < -0.3 is 14.8 Å². The second-order valence-corrected chi connectivity index (χ2v) is 4.22. The van der Waals surface area contributed by atoms with Crippen molar-refractivity contribution in [3.05, 3.63) is 42.7 Å². The van der Waals surface area contributed by atoms with Crippen LogP contribution in [0.5, 0.6) is 0 Å². The maximum Gasteiger partial charge on any atom is 0.246 e. The molecule has 1 amide bonds. The molecule has 0 aliphatic carbocycles. The molecule has 2 aromatic rings. The first-order valence-electron chi connectivity index (χ1n) is 5.94. The average Bonchev–Trinajstić information content (AvgIpc) is 2.93. The van der Waals surface area contributed by atoms with Gasteiger partial charge in [0, 0.05) is 31.2 Å². The van der Waals surface area contributed by atoms with E-state index in [9.17, 15) is 4.79 Å². The van der Waals surface area contributed by atoms with Crippen LogP contribution in [-0.2, 0) is 4.79 Å². The number of imidazole rings is 1. The number of nitrogens with zero attached hydrogens (tertiary/aromatic N) is 3. The van der Waals surface area contributed by atoms with Gasteiger partial charge in [-0.05, 0) is 12.1 Å². The summed E-state index contributed by atoms with van der Waals surface area (Å²) in [4.78, 5) is 23.1. The standard InChI is InChI=1S/C13H14N4O/c18-12-10-16(13-14-6-7-15-13)8-9-17(12)11-4-2-1-3-5-11/h1-7H,8-10H2,(H,14,15). The third kappa shape index (κ3) is 1.95. The Balaban J connectivity index is 1.75. The van der Waals surface area contributed by atoms with Gasteiger partial charge in [-0.15, -0.1) is 0 Å². The van der Waals surface area contributed by atoms with Crippen molar-refractivity contribution in [3.63, 3.8) is 0 Å². The number of nitrogens with one attached hydrogen (secondary N) is 1. The highest BCUT2D eigenvalue weighted by Gasteiger charge is 2.25. The average molecular weight is 242 g/mol. The molecule has 1 N–H and O–H groups in total. The number of carbonyl (C=O) groups excluding carboxylic acids is 1. The van der Waals surface area contributed by atoms with E-state index in [2.05, 4.69) is 9.97 Å². The van der Waals surface area contributed by atoms with Crippen molar-refractivity contribution in [1.29, 1.82) is 0 Å². The lowest BCUT2D eigenvalue weighted by Gasteiger charge is -2.34. The molecule has 5 heteroatoms. The van der Waals surface area contributed by atoms with Gasteiger partial charge in [0.25, 0.3) is 0 Å². The molecular weight excluding hydrogens is 228 g/mol. The van der Waals surface area contributed by atoms with E-state index in [1.807, 2.05) is 40.1 Å². The molecule has 5 nitrogen and oxygen atoms in total. The number of aromatic nitrogens is 2. The highest BCUT2D eigenvalue weighted by atomic mass is 16.2. The summed E-state index contributed by atoms with van der Waals surface area (Å²) in [6.45, 7) is 1.83. The summed E-state index contributed by atoms with van der Waals surface area (Å²) in [5, 5.41) is 0. The maximum absolute atomic E-state index is 12.1. The lowest BCUT2D eigenvalue weighted by Crippen LogP contribution is -2.51. The Bertz CT molecular complexity index is 523. The number of hydrogen-bond acceptors (Lipinski definition) is 3. The van der Waals surface area contributed by atoms with E-state index in [0.29, 0.717) is 13.1 Å². The van der Waals surface area contributed by atoms with E-state index in [1.165, 1.54) is 0 Å². The number of piperazine rings is 1. The van der Waals surface area contributed by atoms with Crippen molar-refractivity contribution in [2.24, 2.45) is 0 Å². The third-order valence-corrected chi connectivity index (χ3v) is 3.07. The van der Waals surface area contributed by atoms with Gasteiger partial charge in [-0.1, -0.05) is 18.2 Å². The molecule has 18 heavy (non-hydrogen) atoms. The zero-order valence-corrected chi connectivity index (χ0v) is 9.91. The van der Waals surface area contributed by atoms with Crippen LogP contribution in [0.1, 0.15) is 0 Å². The summed E-state index contributed by atoms with van der Waals surface area (Å²) in [6, 6.07) is 9.76. The zero-order chi connectivity index (χ0) is 12.4. The van der Waals surface area contributed by atoms with Crippen LogP contribution in [-0.4, -0.2) is 35.5 Å². The van der Waals surface area contributed by atoms with Crippen LogP contribution in [0.3, 0.4) is 0 Å². The van der Waals surface area contributed by atoms with E-state index < -0.39 is 0 Å². The van der Waals surface area contributed by atoms with Crippen molar-refractivity contribution in [3.8, 4) is 0 Å². The highest BCUT2D eigenvalue weighted by Crippen LogP contribution is 2.18. The molecule has 0 atom stereocenters. The number of para-hydroxylation sites is 1. The minimum Gasteiger partial charge on any atom is -0.331 e. The Kier molecular flexibility index (Phi) is 2.72. The van der Waals surface area contributed by atoms with Gasteiger partial charge in [0.15, 0.2) is 0 Å². The summed E-state index contributed by atoms with van der Waals surface area (Å²) in [5.41, 5.74) is 0.960. The van der Waals surface area contributed by atoms with E-state index in [1.54, 1.807) is 12.4 Å². The largest absolute Gasteiger partial charge is 0.331 e. The smallest absolute Gasteiger partial charge is 0.246 e. The normalized spacial score (nSPS) is 16.1. The number of aromatic amines is 1. The number of hydrogen-bond donors (Lipinski definition) is 1. The predicted molar refractivity (Wildman–Crippen MR) is 69.6 cm³/mol. The molecule has 1 fully saturated rings. The molecular formula is C13H14N4O. The Labute approximate surface area is 105 Å². The van der Waals surface area contributed by atoms with E-state index in [4.69, 9.17) is 0 Å². The topological polar surface area (TPSA) is 52.2 Å². The van der Waals surface area contributed by atoms with Gasteiger partial charge in [-0.25, -0.2) is 4.98 Å². The first kappa shape index (κ1) is 10.8. The van der Waals surface area contributed by atoms with Crippen molar-refractivity contribution < 1.29 is 4.79 Å². The van der Waals surface area contributed by atoms with Gasteiger partial charge in [0.1, 0.15) is 6.54 Å². The summed E-state index contributed by atoms with van der Waals surface area (Å²) >= 11 is 0. The Morgan fingerprint density at radius 3 is 2.67 bits per heavy atom.